The van der Waals surface area contributed by atoms with E-state index >= 15 is 0 Å². The van der Waals surface area contributed by atoms with Crippen LogP contribution in [0.3, 0.4) is 0 Å². The van der Waals surface area contributed by atoms with E-state index in [1.807, 2.05) is 13.0 Å². The summed E-state index contributed by atoms with van der Waals surface area (Å²) in [6, 6.07) is 1.84. The predicted molar refractivity (Wildman–Crippen MR) is 61.6 cm³/mol. The molecule has 0 spiro atoms. The van der Waals surface area contributed by atoms with Crippen LogP contribution in [0.4, 0.5) is 0 Å². The van der Waals surface area contributed by atoms with Gasteiger partial charge in [-0.3, -0.25) is 9.78 Å². The fourth-order valence-corrected chi connectivity index (χ4v) is 1.72. The van der Waals surface area contributed by atoms with Gasteiger partial charge in [-0.05, 0) is 34.0 Å². The molecule has 1 heterocycles. The van der Waals surface area contributed by atoms with Gasteiger partial charge >= 0.3 is 0 Å². The molecule has 0 aliphatic heterocycles. The van der Waals surface area contributed by atoms with Crippen molar-refractivity contribution in [1.29, 1.82) is 0 Å². The van der Waals surface area contributed by atoms with Gasteiger partial charge in [-0.25, -0.2) is 0 Å². The van der Waals surface area contributed by atoms with E-state index in [0.717, 1.165) is 16.5 Å². The number of ketones is 1. The summed E-state index contributed by atoms with van der Waals surface area (Å²) in [5.74, 6) is -0.142. The zero-order chi connectivity index (χ0) is 11.3. The Morgan fingerprint density at radius 3 is 2.93 bits per heavy atom. The molecule has 4 heteroatoms. The highest BCUT2D eigenvalue weighted by molar-refractivity contribution is 9.10. The summed E-state index contributed by atoms with van der Waals surface area (Å²) in [5, 5.41) is 9.47. The minimum atomic E-state index is -0.839. The van der Waals surface area contributed by atoms with Crippen molar-refractivity contribution in [2.75, 3.05) is 0 Å². The summed E-state index contributed by atoms with van der Waals surface area (Å²) in [5.41, 5.74) is 0.824. The first-order valence-electron chi connectivity index (χ1n) is 4.93. The van der Waals surface area contributed by atoms with Gasteiger partial charge in [0.1, 0.15) is 6.10 Å². The van der Waals surface area contributed by atoms with Gasteiger partial charge in [-0.2, -0.15) is 0 Å². The van der Waals surface area contributed by atoms with Crippen LogP contribution in [0.1, 0.15) is 25.3 Å². The third kappa shape index (κ3) is 4.10. The number of aliphatic hydroxyl groups is 1. The quantitative estimate of drug-likeness (QED) is 0.893. The van der Waals surface area contributed by atoms with Crippen molar-refractivity contribution in [2.45, 2.75) is 32.3 Å². The molecule has 0 saturated heterocycles. The van der Waals surface area contributed by atoms with Gasteiger partial charge in [-0.1, -0.05) is 13.3 Å². The van der Waals surface area contributed by atoms with Gasteiger partial charge in [0.2, 0.25) is 0 Å². The van der Waals surface area contributed by atoms with Crippen LogP contribution in [0.25, 0.3) is 0 Å². The fourth-order valence-electron chi connectivity index (χ4n) is 1.31. The third-order valence-corrected chi connectivity index (χ3v) is 2.51. The average molecular weight is 272 g/mol. The average Bonchev–Trinajstić information content (AvgIpc) is 2.18. The van der Waals surface area contributed by atoms with E-state index in [4.69, 9.17) is 0 Å². The predicted octanol–water partition coefficient (Wildman–Crippen LogP) is 2.12. The highest BCUT2D eigenvalue weighted by atomic mass is 79.9. The molecule has 1 unspecified atom stereocenters. The minimum Gasteiger partial charge on any atom is -0.385 e. The maximum atomic E-state index is 11.5. The Bertz CT molecular complexity index is 341. The standard InChI is InChI=1S/C11H14BrNO2/c1-2-3-10(14)11(15)5-8-4-9(12)7-13-6-8/h4,6-7,10,14H,2-3,5H2,1H3. The maximum Gasteiger partial charge on any atom is 0.165 e. The number of carbonyl (C=O) groups excluding carboxylic acids is 1. The number of halogens is 1. The van der Waals surface area contributed by atoms with Gasteiger partial charge in [0.05, 0.1) is 0 Å². The van der Waals surface area contributed by atoms with E-state index in [1.165, 1.54) is 0 Å². The molecule has 15 heavy (non-hydrogen) atoms. The Balaban J connectivity index is 2.58. The van der Waals surface area contributed by atoms with Crippen LogP contribution >= 0.6 is 15.9 Å². The van der Waals surface area contributed by atoms with Crippen LogP contribution in [-0.4, -0.2) is 22.0 Å². The molecule has 3 nitrogen and oxygen atoms in total. The van der Waals surface area contributed by atoms with E-state index in [2.05, 4.69) is 20.9 Å². The molecule has 0 aliphatic carbocycles. The fraction of sp³-hybridized carbons (Fsp3) is 0.455. The number of rotatable bonds is 5. The summed E-state index contributed by atoms with van der Waals surface area (Å²) in [4.78, 5) is 15.5. The van der Waals surface area contributed by atoms with E-state index in [9.17, 15) is 9.90 Å². The Morgan fingerprint density at radius 2 is 2.33 bits per heavy atom. The zero-order valence-corrected chi connectivity index (χ0v) is 10.2. The summed E-state index contributed by atoms with van der Waals surface area (Å²) in [7, 11) is 0. The van der Waals surface area contributed by atoms with Crippen LogP contribution in [0.5, 0.6) is 0 Å². The minimum absolute atomic E-state index is 0.142. The molecular formula is C11H14BrNO2. The summed E-state index contributed by atoms with van der Waals surface area (Å²) in [6.07, 6.45) is 4.05. The molecule has 0 aliphatic rings. The lowest BCUT2D eigenvalue weighted by atomic mass is 10.0. The summed E-state index contributed by atoms with van der Waals surface area (Å²) in [6.45, 7) is 1.94. The summed E-state index contributed by atoms with van der Waals surface area (Å²) < 4.78 is 0.845. The topological polar surface area (TPSA) is 50.2 Å². The number of aliphatic hydroxyl groups excluding tert-OH is 1. The number of nitrogens with zero attached hydrogens (tertiary/aromatic N) is 1. The van der Waals surface area contributed by atoms with Gasteiger partial charge < -0.3 is 5.11 Å². The highest BCUT2D eigenvalue weighted by Crippen LogP contribution is 2.11. The lowest BCUT2D eigenvalue weighted by Gasteiger charge is -2.07. The molecule has 0 amide bonds. The van der Waals surface area contributed by atoms with E-state index in [-0.39, 0.29) is 12.2 Å². The van der Waals surface area contributed by atoms with E-state index in [0.29, 0.717) is 6.42 Å². The molecule has 0 aromatic carbocycles. The van der Waals surface area contributed by atoms with Crippen molar-refractivity contribution >= 4 is 21.7 Å². The monoisotopic (exact) mass is 271 g/mol. The number of carbonyl (C=O) groups is 1. The van der Waals surface area contributed by atoms with Crippen LogP contribution in [0.2, 0.25) is 0 Å². The summed E-state index contributed by atoms with van der Waals surface area (Å²) >= 11 is 3.28. The molecule has 0 radical (unpaired) electrons. The first-order chi connectivity index (χ1) is 7.13. The molecule has 0 fully saturated rings. The molecular weight excluding hydrogens is 258 g/mol. The van der Waals surface area contributed by atoms with Crippen molar-refractivity contribution in [2.24, 2.45) is 0 Å². The Kier molecular flexibility index (Phi) is 4.91. The van der Waals surface area contributed by atoms with Crippen molar-refractivity contribution < 1.29 is 9.90 Å². The molecule has 1 rings (SSSR count). The maximum absolute atomic E-state index is 11.5. The largest absolute Gasteiger partial charge is 0.385 e. The SMILES string of the molecule is CCCC(O)C(=O)Cc1cncc(Br)c1. The lowest BCUT2D eigenvalue weighted by molar-refractivity contribution is -0.126. The Labute approximate surface area is 97.7 Å². The van der Waals surface area contributed by atoms with Crippen LogP contribution < -0.4 is 0 Å². The smallest absolute Gasteiger partial charge is 0.165 e. The second-order valence-corrected chi connectivity index (χ2v) is 4.37. The molecule has 1 aromatic rings. The number of Topliss-reactive ketones (excluding diaryl/α,β-unsaturated/α-hetero) is 1. The number of hydrogen-bond donors (Lipinski definition) is 1. The van der Waals surface area contributed by atoms with Crippen molar-refractivity contribution in [3.05, 3.63) is 28.5 Å². The second kappa shape index (κ2) is 5.98. The molecule has 0 bridgehead atoms. The van der Waals surface area contributed by atoms with Gasteiger partial charge in [0.15, 0.2) is 5.78 Å². The second-order valence-electron chi connectivity index (χ2n) is 3.46. The normalized spacial score (nSPS) is 12.5. The molecule has 82 valence electrons. The van der Waals surface area contributed by atoms with Gasteiger partial charge in [-0.15, -0.1) is 0 Å². The number of pyridine rings is 1. The van der Waals surface area contributed by atoms with Crippen molar-refractivity contribution in [1.82, 2.24) is 4.98 Å². The van der Waals surface area contributed by atoms with Crippen molar-refractivity contribution in [3.8, 4) is 0 Å². The highest BCUT2D eigenvalue weighted by Gasteiger charge is 2.14. The van der Waals surface area contributed by atoms with Crippen LogP contribution in [0, 0.1) is 0 Å². The molecule has 1 atom stereocenters. The molecule has 0 saturated carbocycles. The third-order valence-electron chi connectivity index (χ3n) is 2.07. The molecule has 1 aromatic heterocycles. The Morgan fingerprint density at radius 1 is 1.60 bits per heavy atom. The first kappa shape index (κ1) is 12.3. The number of aromatic nitrogens is 1. The first-order valence-corrected chi connectivity index (χ1v) is 5.73. The van der Waals surface area contributed by atoms with E-state index < -0.39 is 6.10 Å². The number of hydrogen-bond acceptors (Lipinski definition) is 3. The zero-order valence-electron chi connectivity index (χ0n) is 8.61. The van der Waals surface area contributed by atoms with Crippen LogP contribution in [-0.2, 0) is 11.2 Å². The van der Waals surface area contributed by atoms with Crippen LogP contribution in [0.15, 0.2) is 22.9 Å². The van der Waals surface area contributed by atoms with Gasteiger partial charge in [0.25, 0.3) is 0 Å². The van der Waals surface area contributed by atoms with Gasteiger partial charge in [0, 0.05) is 23.3 Å². The lowest BCUT2D eigenvalue weighted by Crippen LogP contribution is -2.21. The molecule has 1 N–H and O–H groups in total. The van der Waals surface area contributed by atoms with E-state index in [1.54, 1.807) is 12.4 Å². The van der Waals surface area contributed by atoms with Crippen molar-refractivity contribution in [3.63, 3.8) is 0 Å². The Hall–Kier alpha value is -0.740.